The number of aromatic nitrogens is 3. The summed E-state index contributed by atoms with van der Waals surface area (Å²) in [4.78, 5) is 26.2. The molecule has 29 heavy (non-hydrogen) atoms. The Hall–Kier alpha value is -2.89. The van der Waals surface area contributed by atoms with Crippen LogP contribution in [0.3, 0.4) is 0 Å². The maximum Gasteiger partial charge on any atom is 0.254 e. The van der Waals surface area contributed by atoms with Crippen LogP contribution in [0.25, 0.3) is 22.3 Å². The lowest BCUT2D eigenvalue weighted by atomic mass is 10.0. The number of nitrogens with zero attached hydrogens (tertiary/aromatic N) is 2. The summed E-state index contributed by atoms with van der Waals surface area (Å²) >= 11 is 5.99. The smallest absolute Gasteiger partial charge is 0.254 e. The molecule has 0 unspecified atom stereocenters. The Morgan fingerprint density at radius 3 is 2.72 bits per heavy atom. The minimum absolute atomic E-state index is 0.0390. The highest BCUT2D eigenvalue weighted by Crippen LogP contribution is 2.26. The van der Waals surface area contributed by atoms with E-state index in [1.54, 1.807) is 0 Å². The number of para-hydroxylation sites is 1. The first-order chi connectivity index (χ1) is 14.1. The van der Waals surface area contributed by atoms with Gasteiger partial charge in [-0.05, 0) is 49.2 Å². The number of benzene rings is 2. The first kappa shape index (κ1) is 18.2. The zero-order valence-electron chi connectivity index (χ0n) is 16.1. The van der Waals surface area contributed by atoms with Crippen LogP contribution in [-0.4, -0.2) is 26.4 Å². The fraction of sp³-hybridized carbons (Fsp3) is 0.217. The summed E-state index contributed by atoms with van der Waals surface area (Å²) in [6, 6.07) is 15.8. The molecule has 0 aliphatic carbocycles. The number of aromatic amines is 2. The SMILES string of the molecule is Cc1[nH]c2ccccc2c1CN1CCc2c(nc(-c3ccc(Cl)cc3)[nH]c2=O)C1. The van der Waals surface area contributed by atoms with Crippen molar-refractivity contribution in [1.29, 1.82) is 0 Å². The Kier molecular flexibility index (Phi) is 4.49. The van der Waals surface area contributed by atoms with Gasteiger partial charge in [0.05, 0.1) is 5.69 Å². The Labute approximate surface area is 173 Å². The second-order valence-corrected chi connectivity index (χ2v) is 8.02. The Morgan fingerprint density at radius 2 is 1.90 bits per heavy atom. The third kappa shape index (κ3) is 3.37. The van der Waals surface area contributed by atoms with Crippen molar-refractivity contribution in [2.45, 2.75) is 26.4 Å². The van der Waals surface area contributed by atoms with Crippen molar-refractivity contribution >= 4 is 22.5 Å². The fourth-order valence-corrected chi connectivity index (χ4v) is 4.26. The fourth-order valence-electron chi connectivity index (χ4n) is 4.14. The van der Waals surface area contributed by atoms with Gasteiger partial charge in [-0.15, -0.1) is 0 Å². The number of rotatable bonds is 3. The van der Waals surface area contributed by atoms with E-state index in [1.807, 2.05) is 30.3 Å². The van der Waals surface area contributed by atoms with Crippen molar-refractivity contribution in [3.05, 3.63) is 86.4 Å². The highest BCUT2D eigenvalue weighted by atomic mass is 35.5. The predicted molar refractivity (Wildman–Crippen MR) is 116 cm³/mol. The van der Waals surface area contributed by atoms with Gasteiger partial charge in [-0.2, -0.15) is 0 Å². The minimum atomic E-state index is -0.0390. The molecule has 1 aliphatic heterocycles. The lowest BCUT2D eigenvalue weighted by molar-refractivity contribution is 0.241. The lowest BCUT2D eigenvalue weighted by Crippen LogP contribution is -2.35. The van der Waals surface area contributed by atoms with Crippen molar-refractivity contribution in [2.75, 3.05) is 6.54 Å². The van der Waals surface area contributed by atoms with Gasteiger partial charge in [0, 0.05) is 52.4 Å². The van der Waals surface area contributed by atoms with Gasteiger partial charge in [0.1, 0.15) is 5.82 Å². The maximum absolute atomic E-state index is 12.6. The molecule has 0 atom stereocenters. The van der Waals surface area contributed by atoms with Gasteiger partial charge in [-0.3, -0.25) is 9.69 Å². The monoisotopic (exact) mass is 404 g/mol. The van der Waals surface area contributed by atoms with E-state index in [9.17, 15) is 4.79 Å². The number of H-pyrrole nitrogens is 2. The third-order valence-electron chi connectivity index (χ3n) is 5.68. The Bertz CT molecular complexity index is 1260. The topological polar surface area (TPSA) is 64.8 Å². The number of hydrogen-bond donors (Lipinski definition) is 2. The van der Waals surface area contributed by atoms with E-state index in [0.717, 1.165) is 35.4 Å². The standard InChI is InChI=1S/C23H21ClN4O/c1-14-19(17-4-2-3-5-20(17)25-14)12-28-11-10-18-21(13-28)26-22(27-23(18)29)15-6-8-16(24)9-7-15/h2-9,25H,10-13H2,1H3,(H,26,27,29). The number of halogens is 1. The average molecular weight is 405 g/mol. The van der Waals surface area contributed by atoms with Crippen molar-refractivity contribution < 1.29 is 0 Å². The van der Waals surface area contributed by atoms with Crippen LogP contribution in [0.15, 0.2) is 53.3 Å². The quantitative estimate of drug-likeness (QED) is 0.530. The molecule has 5 rings (SSSR count). The van der Waals surface area contributed by atoms with E-state index < -0.39 is 0 Å². The van der Waals surface area contributed by atoms with E-state index in [1.165, 1.54) is 16.6 Å². The second-order valence-electron chi connectivity index (χ2n) is 7.58. The van der Waals surface area contributed by atoms with Crippen LogP contribution in [-0.2, 0) is 19.5 Å². The average Bonchev–Trinajstić information content (AvgIpc) is 3.03. The molecule has 5 nitrogen and oxygen atoms in total. The van der Waals surface area contributed by atoms with Crippen molar-refractivity contribution in [1.82, 2.24) is 19.9 Å². The molecule has 4 aromatic rings. The number of aryl methyl sites for hydroxylation is 1. The molecule has 0 saturated carbocycles. The van der Waals surface area contributed by atoms with Crippen LogP contribution in [0.1, 0.15) is 22.5 Å². The molecular formula is C23H21ClN4O. The molecule has 2 aromatic carbocycles. The predicted octanol–water partition coefficient (Wildman–Crippen LogP) is 4.44. The summed E-state index contributed by atoms with van der Waals surface area (Å²) in [7, 11) is 0. The van der Waals surface area contributed by atoms with E-state index in [0.29, 0.717) is 23.8 Å². The van der Waals surface area contributed by atoms with Gasteiger partial charge in [0.2, 0.25) is 0 Å². The molecule has 0 bridgehead atoms. The summed E-state index contributed by atoms with van der Waals surface area (Å²) in [5.74, 6) is 0.593. The zero-order valence-corrected chi connectivity index (χ0v) is 16.9. The van der Waals surface area contributed by atoms with Crippen LogP contribution in [0.2, 0.25) is 5.02 Å². The molecule has 0 fully saturated rings. The lowest BCUT2D eigenvalue weighted by Gasteiger charge is -2.28. The molecule has 2 aromatic heterocycles. The number of nitrogens with one attached hydrogen (secondary N) is 2. The molecule has 146 valence electrons. The largest absolute Gasteiger partial charge is 0.358 e. The van der Waals surface area contributed by atoms with Gasteiger partial charge >= 0.3 is 0 Å². The van der Waals surface area contributed by atoms with Crippen LogP contribution in [0.4, 0.5) is 0 Å². The normalized spacial score (nSPS) is 14.3. The van der Waals surface area contributed by atoms with Crippen LogP contribution in [0.5, 0.6) is 0 Å². The van der Waals surface area contributed by atoms with Crippen molar-refractivity contribution in [3.8, 4) is 11.4 Å². The van der Waals surface area contributed by atoms with Gasteiger partial charge in [-0.25, -0.2) is 4.98 Å². The maximum atomic E-state index is 12.6. The van der Waals surface area contributed by atoms with Crippen molar-refractivity contribution in [3.63, 3.8) is 0 Å². The number of hydrogen-bond acceptors (Lipinski definition) is 3. The Morgan fingerprint density at radius 1 is 1.10 bits per heavy atom. The molecule has 2 N–H and O–H groups in total. The van der Waals surface area contributed by atoms with Gasteiger partial charge in [0.15, 0.2) is 0 Å². The van der Waals surface area contributed by atoms with Gasteiger partial charge in [-0.1, -0.05) is 29.8 Å². The molecule has 1 aliphatic rings. The summed E-state index contributed by atoms with van der Waals surface area (Å²) in [6.45, 7) is 4.46. The van der Waals surface area contributed by atoms with Crippen LogP contribution in [0, 0.1) is 6.92 Å². The van der Waals surface area contributed by atoms with Crippen LogP contribution >= 0.6 is 11.6 Å². The summed E-state index contributed by atoms with van der Waals surface area (Å²) in [6.07, 6.45) is 0.708. The molecule has 6 heteroatoms. The van der Waals surface area contributed by atoms with Crippen molar-refractivity contribution in [2.24, 2.45) is 0 Å². The molecule has 0 amide bonds. The molecule has 0 saturated heterocycles. The van der Waals surface area contributed by atoms with E-state index in [4.69, 9.17) is 16.6 Å². The highest BCUT2D eigenvalue weighted by molar-refractivity contribution is 6.30. The molecule has 3 heterocycles. The summed E-state index contributed by atoms with van der Waals surface area (Å²) in [5.41, 5.74) is 6.15. The minimum Gasteiger partial charge on any atom is -0.358 e. The first-order valence-electron chi connectivity index (χ1n) is 9.75. The molecule has 0 spiro atoms. The molecular weight excluding hydrogens is 384 g/mol. The van der Waals surface area contributed by atoms with Crippen LogP contribution < -0.4 is 5.56 Å². The number of fused-ring (bicyclic) bond motifs is 2. The Balaban J connectivity index is 1.46. The third-order valence-corrected chi connectivity index (χ3v) is 5.93. The first-order valence-corrected chi connectivity index (χ1v) is 10.1. The zero-order chi connectivity index (χ0) is 20.0. The summed E-state index contributed by atoms with van der Waals surface area (Å²) < 4.78 is 0. The summed E-state index contributed by atoms with van der Waals surface area (Å²) in [5, 5.41) is 1.92. The second kappa shape index (κ2) is 7.17. The highest BCUT2D eigenvalue weighted by Gasteiger charge is 2.23. The van der Waals surface area contributed by atoms with E-state index >= 15 is 0 Å². The van der Waals surface area contributed by atoms with E-state index in [-0.39, 0.29) is 5.56 Å². The van der Waals surface area contributed by atoms with E-state index in [2.05, 4.69) is 40.0 Å². The van der Waals surface area contributed by atoms with Gasteiger partial charge < -0.3 is 9.97 Å². The molecule has 0 radical (unpaired) electrons. The van der Waals surface area contributed by atoms with Gasteiger partial charge in [0.25, 0.3) is 5.56 Å².